The molecule has 0 unspecified atom stereocenters. The van der Waals surface area contributed by atoms with Crippen LogP contribution < -0.4 is 11.3 Å². The average Bonchev–Trinajstić information content (AvgIpc) is 2.28. The smallest absolute Gasteiger partial charge is 0.250 e. The van der Waals surface area contributed by atoms with E-state index in [1.54, 1.807) is 16.8 Å². The second-order valence-corrected chi connectivity index (χ2v) is 3.81. The first kappa shape index (κ1) is 12.8. The van der Waals surface area contributed by atoms with E-state index in [1.807, 2.05) is 0 Å². The molecule has 0 spiro atoms. The van der Waals surface area contributed by atoms with E-state index >= 15 is 0 Å². The summed E-state index contributed by atoms with van der Waals surface area (Å²) in [5.41, 5.74) is 6.21. The first-order valence-electron chi connectivity index (χ1n) is 5.77. The van der Waals surface area contributed by atoms with Gasteiger partial charge in [-0.15, -0.1) is 0 Å². The number of nitrogens with zero attached hydrogens (tertiary/aromatic N) is 1. The summed E-state index contributed by atoms with van der Waals surface area (Å²) < 4.78 is 7.04. The zero-order chi connectivity index (χ0) is 11.8. The number of hydrogen-bond acceptors (Lipinski definition) is 3. The molecule has 0 aliphatic carbocycles. The van der Waals surface area contributed by atoms with E-state index in [0.29, 0.717) is 18.8 Å². The van der Waals surface area contributed by atoms with Crippen molar-refractivity contribution in [2.45, 2.75) is 32.7 Å². The topological polar surface area (TPSA) is 57.2 Å². The predicted molar refractivity (Wildman–Crippen MR) is 65.5 cm³/mol. The summed E-state index contributed by atoms with van der Waals surface area (Å²) in [5, 5.41) is 0. The first-order chi connectivity index (χ1) is 7.74. The molecule has 0 amide bonds. The van der Waals surface area contributed by atoms with E-state index in [9.17, 15) is 4.79 Å². The lowest BCUT2D eigenvalue weighted by Gasteiger charge is -2.06. The Bertz CT molecular complexity index is 360. The minimum atomic E-state index is -0.0113. The molecule has 1 heterocycles. The standard InChI is InChI=1S/C12H20N2O2/c1-2-3-8-16-9-4-7-14-10-11(13)5-6-12(14)15/h5-6,10H,2-4,7-9,13H2,1H3. The second-order valence-electron chi connectivity index (χ2n) is 3.81. The van der Waals surface area contributed by atoms with Crippen molar-refractivity contribution >= 4 is 5.69 Å². The van der Waals surface area contributed by atoms with Crippen molar-refractivity contribution in [2.75, 3.05) is 18.9 Å². The van der Waals surface area contributed by atoms with E-state index < -0.39 is 0 Å². The molecule has 0 saturated carbocycles. The average molecular weight is 224 g/mol. The third kappa shape index (κ3) is 4.49. The van der Waals surface area contributed by atoms with Crippen molar-refractivity contribution in [1.82, 2.24) is 4.57 Å². The summed E-state index contributed by atoms with van der Waals surface area (Å²) in [6, 6.07) is 3.11. The van der Waals surface area contributed by atoms with E-state index in [2.05, 4.69) is 6.92 Å². The Labute approximate surface area is 96.0 Å². The van der Waals surface area contributed by atoms with E-state index in [-0.39, 0.29) is 5.56 Å². The number of ether oxygens (including phenoxy) is 1. The van der Waals surface area contributed by atoms with Gasteiger partial charge in [0.15, 0.2) is 0 Å². The molecule has 0 fully saturated rings. The first-order valence-corrected chi connectivity index (χ1v) is 5.77. The van der Waals surface area contributed by atoms with Crippen molar-refractivity contribution in [3.8, 4) is 0 Å². The van der Waals surface area contributed by atoms with Crippen molar-refractivity contribution in [3.63, 3.8) is 0 Å². The number of pyridine rings is 1. The maximum absolute atomic E-state index is 11.4. The Hall–Kier alpha value is -1.29. The minimum Gasteiger partial charge on any atom is -0.398 e. The quantitative estimate of drug-likeness (QED) is 0.716. The molecule has 0 aromatic carbocycles. The fraction of sp³-hybridized carbons (Fsp3) is 0.583. The normalized spacial score (nSPS) is 10.6. The molecule has 0 atom stereocenters. The number of aryl methyl sites for hydroxylation is 1. The number of aromatic nitrogens is 1. The summed E-state index contributed by atoms with van der Waals surface area (Å²) in [5.74, 6) is 0. The van der Waals surface area contributed by atoms with Crippen LogP contribution in [0.4, 0.5) is 5.69 Å². The van der Waals surface area contributed by atoms with E-state index in [1.165, 1.54) is 6.07 Å². The van der Waals surface area contributed by atoms with Crippen LogP contribution in [0.15, 0.2) is 23.1 Å². The number of rotatable bonds is 7. The largest absolute Gasteiger partial charge is 0.398 e. The van der Waals surface area contributed by atoms with Crippen LogP contribution in [0.25, 0.3) is 0 Å². The Balaban J connectivity index is 2.26. The molecule has 2 N–H and O–H groups in total. The van der Waals surface area contributed by atoms with Gasteiger partial charge in [0.2, 0.25) is 0 Å². The van der Waals surface area contributed by atoms with Gasteiger partial charge < -0.3 is 15.0 Å². The van der Waals surface area contributed by atoms with Crippen LogP contribution in [-0.2, 0) is 11.3 Å². The lowest BCUT2D eigenvalue weighted by molar-refractivity contribution is 0.126. The van der Waals surface area contributed by atoms with E-state index in [4.69, 9.17) is 10.5 Å². The maximum atomic E-state index is 11.4. The Morgan fingerprint density at radius 1 is 1.31 bits per heavy atom. The molecular weight excluding hydrogens is 204 g/mol. The summed E-state index contributed by atoms with van der Waals surface area (Å²) >= 11 is 0. The van der Waals surface area contributed by atoms with Gasteiger partial charge in [0.05, 0.1) is 0 Å². The second kappa shape index (κ2) is 7.06. The SMILES string of the molecule is CCCCOCCCn1cc(N)ccc1=O. The summed E-state index contributed by atoms with van der Waals surface area (Å²) in [4.78, 5) is 11.4. The number of nitrogen functional groups attached to an aromatic ring is 1. The summed E-state index contributed by atoms with van der Waals surface area (Å²) in [7, 11) is 0. The highest BCUT2D eigenvalue weighted by atomic mass is 16.5. The van der Waals surface area contributed by atoms with Crippen molar-refractivity contribution in [2.24, 2.45) is 0 Å². The lowest BCUT2D eigenvalue weighted by atomic mass is 10.3. The van der Waals surface area contributed by atoms with Crippen molar-refractivity contribution in [3.05, 3.63) is 28.7 Å². The van der Waals surface area contributed by atoms with Gasteiger partial charge in [-0.3, -0.25) is 4.79 Å². The third-order valence-electron chi connectivity index (χ3n) is 2.34. The molecule has 1 aromatic heterocycles. The fourth-order valence-corrected chi connectivity index (χ4v) is 1.41. The van der Waals surface area contributed by atoms with Crippen LogP contribution in [-0.4, -0.2) is 17.8 Å². The number of anilines is 1. The number of hydrogen-bond donors (Lipinski definition) is 1. The molecule has 4 heteroatoms. The highest BCUT2D eigenvalue weighted by molar-refractivity contribution is 5.33. The molecular formula is C12H20N2O2. The molecule has 0 aliphatic heterocycles. The number of nitrogens with two attached hydrogens (primary N) is 1. The molecule has 0 aliphatic rings. The maximum Gasteiger partial charge on any atom is 0.250 e. The highest BCUT2D eigenvalue weighted by Crippen LogP contribution is 1.97. The summed E-state index contributed by atoms with van der Waals surface area (Å²) in [6.45, 7) is 4.30. The molecule has 16 heavy (non-hydrogen) atoms. The van der Waals surface area contributed by atoms with Gasteiger partial charge in [-0.05, 0) is 18.9 Å². The zero-order valence-electron chi connectivity index (χ0n) is 9.82. The van der Waals surface area contributed by atoms with Crippen LogP contribution in [0.1, 0.15) is 26.2 Å². The van der Waals surface area contributed by atoms with Gasteiger partial charge >= 0.3 is 0 Å². The lowest BCUT2D eigenvalue weighted by Crippen LogP contribution is -2.19. The minimum absolute atomic E-state index is 0.0113. The van der Waals surface area contributed by atoms with E-state index in [0.717, 1.165) is 25.9 Å². The van der Waals surface area contributed by atoms with Crippen LogP contribution in [0, 0.1) is 0 Å². The van der Waals surface area contributed by atoms with Crippen LogP contribution in [0.3, 0.4) is 0 Å². The van der Waals surface area contributed by atoms with Crippen LogP contribution in [0.2, 0.25) is 0 Å². The Morgan fingerprint density at radius 2 is 2.06 bits per heavy atom. The molecule has 4 nitrogen and oxygen atoms in total. The van der Waals surface area contributed by atoms with Crippen LogP contribution >= 0.6 is 0 Å². The van der Waals surface area contributed by atoms with Gasteiger partial charge in [0, 0.05) is 37.7 Å². The zero-order valence-corrected chi connectivity index (χ0v) is 9.82. The predicted octanol–water partition coefficient (Wildman–Crippen LogP) is 1.64. The van der Waals surface area contributed by atoms with Gasteiger partial charge in [-0.25, -0.2) is 0 Å². The van der Waals surface area contributed by atoms with Crippen LogP contribution in [0.5, 0.6) is 0 Å². The molecule has 0 bridgehead atoms. The van der Waals surface area contributed by atoms with Gasteiger partial charge in [0.1, 0.15) is 0 Å². The monoisotopic (exact) mass is 224 g/mol. The third-order valence-corrected chi connectivity index (χ3v) is 2.34. The summed E-state index contributed by atoms with van der Waals surface area (Å²) in [6.07, 6.45) is 4.76. The van der Waals surface area contributed by atoms with Crippen molar-refractivity contribution in [1.29, 1.82) is 0 Å². The van der Waals surface area contributed by atoms with Gasteiger partial charge in [-0.1, -0.05) is 13.3 Å². The molecule has 0 radical (unpaired) electrons. The molecule has 1 rings (SSSR count). The van der Waals surface area contributed by atoms with Gasteiger partial charge in [-0.2, -0.15) is 0 Å². The highest BCUT2D eigenvalue weighted by Gasteiger charge is 1.96. The number of unbranched alkanes of at least 4 members (excludes halogenated alkanes) is 1. The molecule has 1 aromatic rings. The van der Waals surface area contributed by atoms with Crippen molar-refractivity contribution < 1.29 is 4.74 Å². The van der Waals surface area contributed by atoms with Gasteiger partial charge in [0.25, 0.3) is 5.56 Å². The molecule has 0 saturated heterocycles. The Kier molecular flexibility index (Phi) is 5.64. The Morgan fingerprint density at radius 3 is 2.81 bits per heavy atom. The fourth-order valence-electron chi connectivity index (χ4n) is 1.41. The molecule has 90 valence electrons.